The monoisotopic (exact) mass is 398 g/mol. The van der Waals surface area contributed by atoms with E-state index in [0.717, 1.165) is 23.2 Å². The number of rotatable bonds is 5. The summed E-state index contributed by atoms with van der Waals surface area (Å²) in [7, 11) is 1.66. The Balaban J connectivity index is 2.54. The topological polar surface area (TPSA) is 55.0 Å². The van der Waals surface area contributed by atoms with Gasteiger partial charge in [-0.05, 0) is 40.5 Å². The molecule has 0 aliphatic carbocycles. The third kappa shape index (κ3) is 3.91. The van der Waals surface area contributed by atoms with Gasteiger partial charge in [0.1, 0.15) is 5.82 Å². The molecule has 1 aromatic carbocycles. The molecule has 0 atom stereocenters. The number of benzene rings is 1. The zero-order valence-corrected chi connectivity index (χ0v) is 14.6. The van der Waals surface area contributed by atoms with E-state index in [9.17, 15) is 4.79 Å². The first kappa shape index (κ1) is 16.2. The van der Waals surface area contributed by atoms with E-state index in [2.05, 4.69) is 46.4 Å². The molecule has 2 aromatic rings. The van der Waals surface area contributed by atoms with E-state index in [1.165, 1.54) is 0 Å². The lowest BCUT2D eigenvalue weighted by Crippen LogP contribution is -2.18. The molecule has 5 heteroatoms. The predicted octanol–water partition coefficient (Wildman–Crippen LogP) is 3.39. The van der Waals surface area contributed by atoms with Crippen molar-refractivity contribution in [1.29, 1.82) is 0 Å². The smallest absolute Gasteiger partial charge is 0.264 e. The quantitative estimate of drug-likeness (QED) is 0.786. The molecule has 2 rings (SSSR count). The lowest BCUT2D eigenvalue weighted by molar-refractivity contribution is 0.185. The Morgan fingerprint density at radius 2 is 2.05 bits per heavy atom. The van der Waals surface area contributed by atoms with Gasteiger partial charge in [-0.2, -0.15) is 0 Å². The molecule has 0 radical (unpaired) electrons. The van der Waals surface area contributed by atoms with E-state index in [1.807, 2.05) is 24.3 Å². The molecule has 112 valence electrons. The number of methoxy groups -OCH3 is 1. The van der Waals surface area contributed by atoms with Gasteiger partial charge in [-0.1, -0.05) is 38.1 Å². The highest BCUT2D eigenvalue weighted by atomic mass is 127. The van der Waals surface area contributed by atoms with Crippen LogP contribution in [0.25, 0.3) is 11.4 Å². The van der Waals surface area contributed by atoms with Crippen LogP contribution < -0.4 is 5.56 Å². The molecule has 0 bridgehead atoms. The van der Waals surface area contributed by atoms with Crippen molar-refractivity contribution in [3.05, 3.63) is 49.4 Å². The van der Waals surface area contributed by atoms with Gasteiger partial charge in [0, 0.05) is 12.7 Å². The number of halogens is 1. The Morgan fingerprint density at radius 1 is 1.33 bits per heavy atom. The second-order valence-electron chi connectivity index (χ2n) is 5.36. The number of aromatic amines is 1. The van der Waals surface area contributed by atoms with Crippen LogP contribution in [0.3, 0.4) is 0 Å². The molecule has 1 N–H and O–H groups in total. The van der Waals surface area contributed by atoms with Crippen molar-refractivity contribution in [2.45, 2.75) is 26.9 Å². The number of H-pyrrole nitrogens is 1. The van der Waals surface area contributed by atoms with Crippen molar-refractivity contribution in [3.8, 4) is 11.4 Å². The predicted molar refractivity (Wildman–Crippen MR) is 92.3 cm³/mol. The zero-order chi connectivity index (χ0) is 15.4. The molecule has 0 saturated heterocycles. The van der Waals surface area contributed by atoms with Crippen LogP contribution in [0, 0.1) is 9.49 Å². The number of nitrogens with one attached hydrogen (secondary N) is 1. The Bertz CT molecular complexity index is 680. The minimum Gasteiger partial charge on any atom is -0.380 e. The van der Waals surface area contributed by atoms with Crippen molar-refractivity contribution >= 4 is 22.6 Å². The van der Waals surface area contributed by atoms with Crippen molar-refractivity contribution < 1.29 is 4.74 Å². The second kappa shape index (κ2) is 7.17. The number of hydrogen-bond donors (Lipinski definition) is 1. The molecule has 0 aliphatic rings. The van der Waals surface area contributed by atoms with Crippen molar-refractivity contribution in [3.63, 3.8) is 0 Å². The van der Waals surface area contributed by atoms with E-state index < -0.39 is 0 Å². The van der Waals surface area contributed by atoms with Gasteiger partial charge in [0.2, 0.25) is 0 Å². The van der Waals surface area contributed by atoms with Crippen LogP contribution >= 0.6 is 22.6 Å². The number of hydrogen-bond acceptors (Lipinski definition) is 3. The van der Waals surface area contributed by atoms with Crippen molar-refractivity contribution in [1.82, 2.24) is 9.97 Å². The zero-order valence-electron chi connectivity index (χ0n) is 12.4. The van der Waals surface area contributed by atoms with E-state index >= 15 is 0 Å². The molecule has 1 aromatic heterocycles. The fraction of sp³-hybridized carbons (Fsp3) is 0.375. The molecule has 0 aliphatic heterocycles. The molecule has 4 nitrogen and oxygen atoms in total. The molecular formula is C16H19IN2O2. The fourth-order valence-electron chi connectivity index (χ4n) is 2.19. The Hall–Kier alpha value is -1.21. The standard InChI is InChI=1S/C16H19IN2O2/c1-10(2)8-13-14(17)16(20)19-15(18-13)12-7-5-4-6-11(12)9-21-3/h4-7,10H,8-9H2,1-3H3,(H,18,19,20). The third-order valence-corrected chi connectivity index (χ3v) is 4.22. The van der Waals surface area contributed by atoms with E-state index in [0.29, 0.717) is 21.9 Å². The van der Waals surface area contributed by atoms with Crippen LogP contribution in [-0.2, 0) is 17.8 Å². The maximum absolute atomic E-state index is 12.2. The van der Waals surface area contributed by atoms with Gasteiger partial charge in [-0.15, -0.1) is 0 Å². The minimum atomic E-state index is -0.0801. The SMILES string of the molecule is COCc1ccccc1-c1nc(CC(C)C)c(I)c(=O)[nH]1. The summed E-state index contributed by atoms with van der Waals surface area (Å²) in [5.41, 5.74) is 2.71. The number of nitrogens with zero attached hydrogens (tertiary/aromatic N) is 1. The van der Waals surface area contributed by atoms with Gasteiger partial charge in [-0.3, -0.25) is 4.79 Å². The highest BCUT2D eigenvalue weighted by molar-refractivity contribution is 14.1. The van der Waals surface area contributed by atoms with E-state index in [4.69, 9.17) is 4.74 Å². The van der Waals surface area contributed by atoms with Gasteiger partial charge in [0.15, 0.2) is 0 Å². The molecule has 0 spiro atoms. The largest absolute Gasteiger partial charge is 0.380 e. The van der Waals surface area contributed by atoms with E-state index in [-0.39, 0.29) is 5.56 Å². The Kier molecular flexibility index (Phi) is 5.52. The highest BCUT2D eigenvalue weighted by Crippen LogP contribution is 2.22. The lowest BCUT2D eigenvalue weighted by atomic mass is 10.1. The summed E-state index contributed by atoms with van der Waals surface area (Å²) in [5.74, 6) is 1.07. The first-order chi connectivity index (χ1) is 10.0. The normalized spacial score (nSPS) is 11.1. The summed E-state index contributed by atoms with van der Waals surface area (Å²) in [6, 6.07) is 7.84. The third-order valence-electron chi connectivity index (χ3n) is 3.11. The molecule has 1 heterocycles. The van der Waals surface area contributed by atoms with Gasteiger partial charge in [0.25, 0.3) is 5.56 Å². The molecule has 0 unspecified atom stereocenters. The summed E-state index contributed by atoms with van der Waals surface area (Å²) in [4.78, 5) is 19.7. The van der Waals surface area contributed by atoms with Crippen LogP contribution in [0.4, 0.5) is 0 Å². The molecule has 0 saturated carbocycles. The van der Waals surface area contributed by atoms with Gasteiger partial charge in [-0.25, -0.2) is 4.98 Å². The Morgan fingerprint density at radius 3 is 2.71 bits per heavy atom. The molecule has 0 fully saturated rings. The van der Waals surface area contributed by atoms with Crippen LogP contribution in [0.2, 0.25) is 0 Å². The molecule has 21 heavy (non-hydrogen) atoms. The summed E-state index contributed by atoms with van der Waals surface area (Å²) >= 11 is 2.07. The van der Waals surface area contributed by atoms with Crippen LogP contribution in [0.15, 0.2) is 29.1 Å². The molecule has 0 amide bonds. The van der Waals surface area contributed by atoms with Crippen LogP contribution in [0.5, 0.6) is 0 Å². The summed E-state index contributed by atoms with van der Waals surface area (Å²) < 4.78 is 5.89. The summed E-state index contributed by atoms with van der Waals surface area (Å²) in [6.45, 7) is 4.74. The number of aromatic nitrogens is 2. The average molecular weight is 398 g/mol. The first-order valence-electron chi connectivity index (χ1n) is 6.88. The number of ether oxygens (including phenoxy) is 1. The summed E-state index contributed by atoms with van der Waals surface area (Å²) in [6.07, 6.45) is 0.793. The van der Waals surface area contributed by atoms with Gasteiger partial charge >= 0.3 is 0 Å². The average Bonchev–Trinajstić information content (AvgIpc) is 2.44. The Labute approximate surface area is 138 Å². The fourth-order valence-corrected chi connectivity index (χ4v) is 2.66. The van der Waals surface area contributed by atoms with E-state index in [1.54, 1.807) is 7.11 Å². The minimum absolute atomic E-state index is 0.0801. The summed E-state index contributed by atoms with van der Waals surface area (Å²) in [5, 5.41) is 0. The van der Waals surface area contributed by atoms with Crippen molar-refractivity contribution in [2.75, 3.05) is 7.11 Å². The van der Waals surface area contributed by atoms with Gasteiger partial charge in [0.05, 0.1) is 15.9 Å². The second-order valence-corrected chi connectivity index (χ2v) is 6.44. The lowest BCUT2D eigenvalue weighted by Gasteiger charge is -2.11. The maximum Gasteiger partial charge on any atom is 0.264 e. The first-order valence-corrected chi connectivity index (χ1v) is 7.96. The van der Waals surface area contributed by atoms with Gasteiger partial charge < -0.3 is 9.72 Å². The van der Waals surface area contributed by atoms with Crippen LogP contribution in [-0.4, -0.2) is 17.1 Å². The molecular weight excluding hydrogens is 379 g/mol. The highest BCUT2D eigenvalue weighted by Gasteiger charge is 2.13. The van der Waals surface area contributed by atoms with Crippen molar-refractivity contribution in [2.24, 2.45) is 5.92 Å². The maximum atomic E-state index is 12.2. The van der Waals surface area contributed by atoms with Crippen LogP contribution in [0.1, 0.15) is 25.1 Å².